The van der Waals surface area contributed by atoms with Crippen molar-refractivity contribution >= 4 is 22.6 Å². The minimum Gasteiger partial charge on any atom is -0.451 e. The third kappa shape index (κ3) is 4.65. The van der Waals surface area contributed by atoms with Crippen LogP contribution in [0.2, 0.25) is 0 Å². The summed E-state index contributed by atoms with van der Waals surface area (Å²) < 4.78 is 6.28. The van der Waals surface area contributed by atoms with Gasteiger partial charge in [0.2, 0.25) is 0 Å². The molecule has 1 aromatic carbocycles. The molecular weight excluding hydrogens is 322 g/mol. The standard InChI is InChI=1S/C18H23N3O4/c1-4-21-17(23)14-8-6-5-7-13(14)16(20-21)18(24)25-11-15(22)19-10-9-12(2)3/h5-8,12H,4,9-11H2,1-3H3,(H,19,22). The SMILES string of the molecule is CCn1nc(C(=O)OCC(=O)NCCC(C)C)c2ccccc2c1=O. The zero-order valence-electron chi connectivity index (χ0n) is 14.7. The molecule has 0 aliphatic rings. The number of nitrogens with zero attached hydrogens (tertiary/aromatic N) is 2. The normalized spacial score (nSPS) is 10.9. The summed E-state index contributed by atoms with van der Waals surface area (Å²) in [7, 11) is 0. The number of amides is 1. The van der Waals surface area contributed by atoms with E-state index in [0.29, 0.717) is 29.8 Å². The second-order valence-electron chi connectivity index (χ2n) is 6.12. The average molecular weight is 345 g/mol. The molecule has 0 unspecified atom stereocenters. The van der Waals surface area contributed by atoms with Crippen LogP contribution in [0.25, 0.3) is 10.8 Å². The van der Waals surface area contributed by atoms with Gasteiger partial charge >= 0.3 is 5.97 Å². The molecule has 7 nitrogen and oxygen atoms in total. The van der Waals surface area contributed by atoms with Crippen LogP contribution in [0, 0.1) is 5.92 Å². The van der Waals surface area contributed by atoms with Gasteiger partial charge in [-0.15, -0.1) is 0 Å². The number of esters is 1. The van der Waals surface area contributed by atoms with Crippen molar-refractivity contribution < 1.29 is 14.3 Å². The van der Waals surface area contributed by atoms with Gasteiger partial charge in [0.15, 0.2) is 12.3 Å². The van der Waals surface area contributed by atoms with E-state index in [1.54, 1.807) is 31.2 Å². The highest BCUT2D eigenvalue weighted by Gasteiger charge is 2.18. The Morgan fingerprint density at radius 2 is 1.92 bits per heavy atom. The van der Waals surface area contributed by atoms with Gasteiger partial charge in [0, 0.05) is 18.5 Å². The van der Waals surface area contributed by atoms with Crippen LogP contribution >= 0.6 is 0 Å². The van der Waals surface area contributed by atoms with Crippen molar-refractivity contribution in [2.75, 3.05) is 13.2 Å². The third-order valence-electron chi connectivity index (χ3n) is 3.74. The van der Waals surface area contributed by atoms with Crippen molar-refractivity contribution in [2.24, 2.45) is 5.92 Å². The number of nitrogens with one attached hydrogen (secondary N) is 1. The first-order valence-corrected chi connectivity index (χ1v) is 8.37. The lowest BCUT2D eigenvalue weighted by molar-refractivity contribution is -0.124. The van der Waals surface area contributed by atoms with Crippen LogP contribution in [0.15, 0.2) is 29.1 Å². The van der Waals surface area contributed by atoms with Crippen LogP contribution < -0.4 is 10.9 Å². The van der Waals surface area contributed by atoms with Crippen molar-refractivity contribution in [3.63, 3.8) is 0 Å². The summed E-state index contributed by atoms with van der Waals surface area (Å²) in [5.74, 6) is -0.604. The van der Waals surface area contributed by atoms with Gasteiger partial charge < -0.3 is 10.1 Å². The molecule has 0 saturated carbocycles. The largest absolute Gasteiger partial charge is 0.451 e. The van der Waals surface area contributed by atoms with E-state index in [9.17, 15) is 14.4 Å². The highest BCUT2D eigenvalue weighted by atomic mass is 16.5. The molecule has 1 heterocycles. The van der Waals surface area contributed by atoms with E-state index in [1.165, 1.54) is 4.68 Å². The molecule has 0 atom stereocenters. The first kappa shape index (κ1) is 18.6. The first-order chi connectivity index (χ1) is 11.9. The predicted octanol–water partition coefficient (Wildman–Crippen LogP) is 1.74. The van der Waals surface area contributed by atoms with Crippen molar-refractivity contribution in [1.82, 2.24) is 15.1 Å². The lowest BCUT2D eigenvalue weighted by Crippen LogP contribution is -2.31. The monoisotopic (exact) mass is 345 g/mol. The summed E-state index contributed by atoms with van der Waals surface area (Å²) in [6, 6.07) is 6.72. The molecule has 25 heavy (non-hydrogen) atoms. The van der Waals surface area contributed by atoms with E-state index in [4.69, 9.17) is 4.74 Å². The molecule has 1 amide bonds. The zero-order chi connectivity index (χ0) is 18.4. The molecule has 0 radical (unpaired) electrons. The van der Waals surface area contributed by atoms with E-state index in [1.807, 2.05) is 0 Å². The summed E-state index contributed by atoms with van der Waals surface area (Å²) in [6.45, 7) is 6.38. The number of ether oxygens (including phenoxy) is 1. The highest BCUT2D eigenvalue weighted by Crippen LogP contribution is 2.14. The molecule has 0 bridgehead atoms. The number of rotatable bonds is 7. The fourth-order valence-electron chi connectivity index (χ4n) is 2.35. The van der Waals surface area contributed by atoms with E-state index in [0.717, 1.165) is 6.42 Å². The maximum Gasteiger partial charge on any atom is 0.359 e. The maximum atomic E-state index is 12.3. The van der Waals surface area contributed by atoms with Crippen LogP contribution in [-0.2, 0) is 16.1 Å². The van der Waals surface area contributed by atoms with Crippen molar-refractivity contribution in [1.29, 1.82) is 0 Å². The van der Waals surface area contributed by atoms with E-state index < -0.39 is 5.97 Å². The fourth-order valence-corrected chi connectivity index (χ4v) is 2.35. The number of aryl methyl sites for hydroxylation is 1. The molecule has 134 valence electrons. The second kappa shape index (κ2) is 8.41. The van der Waals surface area contributed by atoms with Gasteiger partial charge in [-0.05, 0) is 25.3 Å². The number of hydrogen-bond acceptors (Lipinski definition) is 5. The molecule has 0 aliphatic carbocycles. The van der Waals surface area contributed by atoms with Crippen LogP contribution in [-0.4, -0.2) is 34.8 Å². The number of fused-ring (bicyclic) bond motifs is 1. The van der Waals surface area contributed by atoms with Gasteiger partial charge in [0.1, 0.15) is 0 Å². The Bertz CT molecular complexity index is 827. The van der Waals surface area contributed by atoms with Gasteiger partial charge in [-0.2, -0.15) is 5.10 Å². The predicted molar refractivity (Wildman–Crippen MR) is 94.4 cm³/mol. The van der Waals surface area contributed by atoms with Crippen LogP contribution in [0.3, 0.4) is 0 Å². The molecule has 2 rings (SSSR count). The Hall–Kier alpha value is -2.70. The first-order valence-electron chi connectivity index (χ1n) is 8.37. The third-order valence-corrected chi connectivity index (χ3v) is 3.74. The quantitative estimate of drug-likeness (QED) is 0.772. The van der Waals surface area contributed by atoms with Crippen molar-refractivity contribution in [3.05, 3.63) is 40.3 Å². The maximum absolute atomic E-state index is 12.3. The Labute approximate surface area is 146 Å². The lowest BCUT2D eigenvalue weighted by atomic mass is 10.1. The molecule has 1 aromatic heterocycles. The molecular formula is C18H23N3O4. The van der Waals surface area contributed by atoms with Crippen LogP contribution in [0.5, 0.6) is 0 Å². The summed E-state index contributed by atoms with van der Waals surface area (Å²) in [5, 5.41) is 7.59. The van der Waals surface area contributed by atoms with Crippen molar-refractivity contribution in [3.8, 4) is 0 Å². The number of aromatic nitrogens is 2. The molecule has 0 saturated heterocycles. The average Bonchev–Trinajstić information content (AvgIpc) is 2.60. The fraction of sp³-hybridized carbons (Fsp3) is 0.444. The van der Waals surface area contributed by atoms with Gasteiger partial charge in [-0.25, -0.2) is 9.48 Å². The Kier molecular flexibility index (Phi) is 6.27. The number of hydrogen-bond donors (Lipinski definition) is 1. The van der Waals surface area contributed by atoms with Gasteiger partial charge in [0.25, 0.3) is 11.5 Å². The van der Waals surface area contributed by atoms with Gasteiger partial charge in [0.05, 0.1) is 5.39 Å². The minimum absolute atomic E-state index is 0.0343. The Balaban J connectivity index is 2.13. The summed E-state index contributed by atoms with van der Waals surface area (Å²) in [4.78, 5) is 36.3. The van der Waals surface area contributed by atoms with Gasteiger partial charge in [-0.1, -0.05) is 32.0 Å². The molecule has 0 spiro atoms. The second-order valence-corrected chi connectivity index (χ2v) is 6.12. The topological polar surface area (TPSA) is 90.3 Å². The number of carbonyl (C=O) groups is 2. The molecule has 2 aromatic rings. The summed E-state index contributed by atoms with van der Waals surface area (Å²) >= 11 is 0. The van der Waals surface area contributed by atoms with Crippen molar-refractivity contribution in [2.45, 2.75) is 33.7 Å². The Morgan fingerprint density at radius 1 is 1.24 bits per heavy atom. The number of carbonyl (C=O) groups excluding carboxylic acids is 2. The molecule has 0 fully saturated rings. The molecule has 1 N–H and O–H groups in total. The number of benzene rings is 1. The molecule has 0 aliphatic heterocycles. The van der Waals surface area contributed by atoms with E-state index in [2.05, 4.69) is 24.3 Å². The summed E-state index contributed by atoms with van der Waals surface area (Å²) in [5.41, 5.74) is -0.229. The van der Waals surface area contributed by atoms with Crippen LogP contribution in [0.4, 0.5) is 0 Å². The highest BCUT2D eigenvalue weighted by molar-refractivity contribution is 6.02. The van der Waals surface area contributed by atoms with Gasteiger partial charge in [-0.3, -0.25) is 9.59 Å². The lowest BCUT2D eigenvalue weighted by Gasteiger charge is -2.10. The van der Waals surface area contributed by atoms with E-state index >= 15 is 0 Å². The Morgan fingerprint density at radius 3 is 2.56 bits per heavy atom. The minimum atomic E-state index is -0.725. The zero-order valence-corrected chi connectivity index (χ0v) is 14.7. The van der Waals surface area contributed by atoms with E-state index in [-0.39, 0.29) is 23.8 Å². The summed E-state index contributed by atoms with van der Waals surface area (Å²) in [6.07, 6.45) is 0.855. The van der Waals surface area contributed by atoms with Crippen LogP contribution in [0.1, 0.15) is 37.7 Å². The smallest absolute Gasteiger partial charge is 0.359 e. The molecule has 7 heteroatoms.